The van der Waals surface area contributed by atoms with E-state index in [4.69, 9.17) is 5.73 Å². The summed E-state index contributed by atoms with van der Waals surface area (Å²) in [5.41, 5.74) is 6.36. The molecular formula is C16H25F2N3. The molecule has 0 aromatic heterocycles. The molecule has 1 aliphatic rings. The van der Waals surface area contributed by atoms with Gasteiger partial charge in [-0.1, -0.05) is 6.07 Å². The third-order valence-corrected chi connectivity index (χ3v) is 4.00. The molecule has 1 aliphatic heterocycles. The molecular weight excluding hydrogens is 272 g/mol. The maximum Gasteiger partial charge on any atom is 0.159 e. The Morgan fingerprint density at radius 1 is 0.952 bits per heavy atom. The molecule has 3 nitrogen and oxygen atoms in total. The Bertz CT molecular complexity index is 440. The van der Waals surface area contributed by atoms with Crippen molar-refractivity contribution in [1.29, 1.82) is 0 Å². The van der Waals surface area contributed by atoms with Gasteiger partial charge < -0.3 is 10.6 Å². The molecule has 0 amide bonds. The van der Waals surface area contributed by atoms with Gasteiger partial charge in [-0.05, 0) is 63.1 Å². The minimum Gasteiger partial charge on any atom is -0.330 e. The van der Waals surface area contributed by atoms with E-state index in [-0.39, 0.29) is 0 Å². The van der Waals surface area contributed by atoms with Crippen LogP contribution in [0.15, 0.2) is 18.2 Å². The topological polar surface area (TPSA) is 32.5 Å². The fourth-order valence-corrected chi connectivity index (χ4v) is 2.78. The van der Waals surface area contributed by atoms with Crippen LogP contribution in [0, 0.1) is 11.6 Å². The number of nitrogens with two attached hydrogens (primary N) is 1. The lowest BCUT2D eigenvalue weighted by molar-refractivity contribution is 0.249. The number of nitrogens with zero attached hydrogens (tertiary/aromatic N) is 2. The molecule has 5 heteroatoms. The van der Waals surface area contributed by atoms with Crippen molar-refractivity contribution >= 4 is 0 Å². The van der Waals surface area contributed by atoms with Crippen LogP contribution in [0.25, 0.3) is 0 Å². The third kappa shape index (κ3) is 5.34. The maximum atomic E-state index is 13.2. The van der Waals surface area contributed by atoms with E-state index in [0.29, 0.717) is 6.54 Å². The van der Waals surface area contributed by atoms with E-state index < -0.39 is 11.6 Å². The van der Waals surface area contributed by atoms with E-state index in [2.05, 4.69) is 9.80 Å². The van der Waals surface area contributed by atoms with Gasteiger partial charge in [0.1, 0.15) is 0 Å². The van der Waals surface area contributed by atoms with Crippen LogP contribution >= 0.6 is 0 Å². The molecule has 2 N–H and O–H groups in total. The molecule has 0 bridgehead atoms. The number of hydrogen-bond donors (Lipinski definition) is 1. The lowest BCUT2D eigenvalue weighted by Gasteiger charge is -2.21. The highest BCUT2D eigenvalue weighted by Gasteiger charge is 2.15. The molecule has 1 saturated heterocycles. The van der Waals surface area contributed by atoms with Gasteiger partial charge in [0.15, 0.2) is 11.6 Å². The zero-order valence-electron chi connectivity index (χ0n) is 12.5. The average Bonchev–Trinajstić information content (AvgIpc) is 2.69. The summed E-state index contributed by atoms with van der Waals surface area (Å²) in [4.78, 5) is 4.79. The monoisotopic (exact) mass is 297 g/mol. The summed E-state index contributed by atoms with van der Waals surface area (Å²) in [7, 11) is 0. The van der Waals surface area contributed by atoms with Crippen LogP contribution in [-0.2, 0) is 6.54 Å². The van der Waals surface area contributed by atoms with Crippen molar-refractivity contribution in [2.45, 2.75) is 25.8 Å². The van der Waals surface area contributed by atoms with Crippen molar-refractivity contribution < 1.29 is 8.78 Å². The van der Waals surface area contributed by atoms with Crippen molar-refractivity contribution in [2.75, 3.05) is 39.3 Å². The molecule has 0 atom stereocenters. The number of hydrogen-bond acceptors (Lipinski definition) is 3. The van der Waals surface area contributed by atoms with Crippen LogP contribution < -0.4 is 5.73 Å². The van der Waals surface area contributed by atoms with Crippen LogP contribution in [0.1, 0.15) is 24.8 Å². The molecule has 0 saturated carbocycles. The van der Waals surface area contributed by atoms with E-state index in [9.17, 15) is 8.78 Å². The van der Waals surface area contributed by atoms with E-state index in [1.807, 2.05) is 0 Å². The van der Waals surface area contributed by atoms with Gasteiger partial charge in [-0.25, -0.2) is 8.78 Å². The van der Waals surface area contributed by atoms with Crippen molar-refractivity contribution in [3.8, 4) is 0 Å². The van der Waals surface area contributed by atoms with Crippen molar-refractivity contribution in [3.63, 3.8) is 0 Å². The first-order valence-electron chi connectivity index (χ1n) is 7.78. The molecule has 1 aromatic rings. The highest BCUT2D eigenvalue weighted by atomic mass is 19.2. The molecule has 1 aromatic carbocycles. The zero-order chi connectivity index (χ0) is 15.1. The molecule has 0 aliphatic carbocycles. The Hall–Kier alpha value is -1.04. The zero-order valence-corrected chi connectivity index (χ0v) is 12.5. The first-order chi connectivity index (χ1) is 10.2. The number of benzene rings is 1. The van der Waals surface area contributed by atoms with Gasteiger partial charge in [0.05, 0.1) is 0 Å². The number of halogens is 2. The highest BCUT2D eigenvalue weighted by molar-refractivity contribution is 5.17. The SMILES string of the molecule is NCCCCN1CCCN(Cc2ccc(F)c(F)c2)CC1. The largest absolute Gasteiger partial charge is 0.330 e. The Kier molecular flexibility index (Phi) is 6.54. The summed E-state index contributed by atoms with van der Waals surface area (Å²) >= 11 is 0. The van der Waals surface area contributed by atoms with Crippen LogP contribution in [0.2, 0.25) is 0 Å². The summed E-state index contributed by atoms with van der Waals surface area (Å²) in [5, 5.41) is 0. The van der Waals surface area contributed by atoms with Crippen molar-refractivity contribution in [3.05, 3.63) is 35.4 Å². The molecule has 21 heavy (non-hydrogen) atoms. The summed E-state index contributed by atoms with van der Waals surface area (Å²) in [6, 6.07) is 4.18. The van der Waals surface area contributed by atoms with Gasteiger partial charge in [-0.3, -0.25) is 4.90 Å². The molecule has 1 heterocycles. The first-order valence-corrected chi connectivity index (χ1v) is 7.78. The predicted molar refractivity (Wildman–Crippen MR) is 81.0 cm³/mol. The number of rotatable bonds is 6. The molecule has 2 rings (SSSR count). The van der Waals surface area contributed by atoms with E-state index in [1.165, 1.54) is 12.1 Å². The van der Waals surface area contributed by atoms with Gasteiger partial charge in [0, 0.05) is 19.6 Å². The Labute approximate surface area is 125 Å². The first kappa shape index (κ1) is 16.3. The lowest BCUT2D eigenvalue weighted by atomic mass is 10.2. The Balaban J connectivity index is 1.81. The summed E-state index contributed by atoms with van der Waals surface area (Å²) in [6.07, 6.45) is 3.35. The summed E-state index contributed by atoms with van der Waals surface area (Å²) in [5.74, 6) is -1.54. The minimum absolute atomic E-state index is 0.688. The Morgan fingerprint density at radius 3 is 2.48 bits per heavy atom. The van der Waals surface area contributed by atoms with E-state index >= 15 is 0 Å². The minimum atomic E-state index is -0.777. The maximum absolute atomic E-state index is 13.2. The van der Waals surface area contributed by atoms with E-state index in [0.717, 1.165) is 64.1 Å². The van der Waals surface area contributed by atoms with Crippen molar-refractivity contribution in [1.82, 2.24) is 9.80 Å². The highest BCUT2D eigenvalue weighted by Crippen LogP contribution is 2.13. The predicted octanol–water partition coefficient (Wildman–Crippen LogP) is 2.21. The quantitative estimate of drug-likeness (QED) is 0.817. The fourth-order valence-electron chi connectivity index (χ4n) is 2.78. The van der Waals surface area contributed by atoms with Gasteiger partial charge >= 0.3 is 0 Å². The molecule has 0 radical (unpaired) electrons. The Morgan fingerprint density at radius 2 is 1.71 bits per heavy atom. The van der Waals surface area contributed by atoms with Crippen molar-refractivity contribution in [2.24, 2.45) is 5.73 Å². The molecule has 0 spiro atoms. The van der Waals surface area contributed by atoms with Crippen LogP contribution in [0.4, 0.5) is 8.78 Å². The van der Waals surface area contributed by atoms with Gasteiger partial charge in [0.2, 0.25) is 0 Å². The number of unbranched alkanes of at least 4 members (excludes halogenated alkanes) is 1. The van der Waals surface area contributed by atoms with Crippen LogP contribution in [0.3, 0.4) is 0 Å². The van der Waals surface area contributed by atoms with Gasteiger partial charge in [-0.2, -0.15) is 0 Å². The second-order valence-corrected chi connectivity index (χ2v) is 5.72. The fraction of sp³-hybridized carbons (Fsp3) is 0.625. The molecule has 118 valence electrons. The van der Waals surface area contributed by atoms with Gasteiger partial charge in [0.25, 0.3) is 0 Å². The second kappa shape index (κ2) is 8.41. The third-order valence-electron chi connectivity index (χ3n) is 4.00. The smallest absolute Gasteiger partial charge is 0.159 e. The lowest BCUT2D eigenvalue weighted by Crippen LogP contribution is -2.31. The average molecular weight is 297 g/mol. The summed E-state index contributed by atoms with van der Waals surface area (Å²) < 4.78 is 26.2. The molecule has 1 fully saturated rings. The van der Waals surface area contributed by atoms with Gasteiger partial charge in [-0.15, -0.1) is 0 Å². The van der Waals surface area contributed by atoms with Crippen LogP contribution in [-0.4, -0.2) is 49.1 Å². The normalized spacial score (nSPS) is 17.9. The standard InChI is InChI=1S/C16H25F2N3/c17-15-5-4-14(12-16(15)18)13-21-9-3-8-20(10-11-21)7-2-1-6-19/h4-5,12H,1-3,6-11,13,19H2. The second-order valence-electron chi connectivity index (χ2n) is 5.72. The van der Waals surface area contributed by atoms with Crippen LogP contribution in [0.5, 0.6) is 0 Å². The summed E-state index contributed by atoms with van der Waals surface area (Å²) in [6.45, 7) is 6.68. The molecule has 0 unspecified atom stereocenters. The van der Waals surface area contributed by atoms with E-state index in [1.54, 1.807) is 6.07 Å².